The quantitative estimate of drug-likeness (QED) is 0.386. The Morgan fingerprint density at radius 1 is 0.811 bits per heavy atom. The van der Waals surface area contributed by atoms with Crippen LogP contribution in [0.1, 0.15) is 37.1 Å². The SMILES string of the molecule is COc1ccc(C2C(C)C(=O)C(C)C(c3ccc(OC)cc3)N2C(=O)Cn2nnc3ccccc32)cc1. The molecule has 0 N–H and O–H groups in total. The zero-order valence-corrected chi connectivity index (χ0v) is 21.4. The predicted octanol–water partition coefficient (Wildman–Crippen LogP) is 4.61. The minimum Gasteiger partial charge on any atom is -0.497 e. The fourth-order valence-corrected chi connectivity index (χ4v) is 5.44. The number of ketones is 1. The van der Waals surface area contributed by atoms with Gasteiger partial charge in [0, 0.05) is 11.8 Å². The molecule has 0 radical (unpaired) electrons. The number of nitrogens with zero attached hydrogens (tertiary/aromatic N) is 4. The standard InChI is InChI=1S/C29H30N4O4/c1-18-27(20-9-13-22(36-3)14-10-20)33(26(34)17-32-25-8-6-5-7-24(25)30-31-32)28(19(2)29(18)35)21-11-15-23(37-4)16-12-21/h5-16,18-19,27-28H,17H2,1-4H3. The third-order valence-electron chi connectivity index (χ3n) is 7.35. The number of ether oxygens (including phenoxy) is 2. The monoisotopic (exact) mass is 498 g/mol. The number of carbonyl (C=O) groups is 2. The van der Waals surface area contributed by atoms with E-state index in [1.165, 1.54) is 0 Å². The van der Waals surface area contributed by atoms with Gasteiger partial charge in [-0.05, 0) is 47.5 Å². The van der Waals surface area contributed by atoms with E-state index in [2.05, 4.69) is 10.3 Å². The van der Waals surface area contributed by atoms with Crippen molar-refractivity contribution in [2.24, 2.45) is 11.8 Å². The molecule has 1 aliphatic heterocycles. The summed E-state index contributed by atoms with van der Waals surface area (Å²) >= 11 is 0. The lowest BCUT2D eigenvalue weighted by Crippen LogP contribution is -2.52. The molecule has 0 aliphatic carbocycles. The Morgan fingerprint density at radius 3 is 1.84 bits per heavy atom. The fourth-order valence-electron chi connectivity index (χ4n) is 5.44. The molecule has 1 fully saturated rings. The lowest BCUT2D eigenvalue weighted by Gasteiger charge is -2.48. The number of rotatable bonds is 6. The van der Waals surface area contributed by atoms with E-state index in [-0.39, 0.29) is 18.2 Å². The number of benzene rings is 3. The maximum Gasteiger partial charge on any atom is 0.245 e. The molecular weight excluding hydrogens is 468 g/mol. The van der Waals surface area contributed by atoms with Crippen LogP contribution in [-0.4, -0.2) is 45.8 Å². The first-order chi connectivity index (χ1) is 17.9. The van der Waals surface area contributed by atoms with Crippen LogP contribution < -0.4 is 9.47 Å². The highest BCUT2D eigenvalue weighted by Crippen LogP contribution is 2.46. The van der Waals surface area contributed by atoms with Crippen LogP contribution in [0.4, 0.5) is 0 Å². The number of para-hydroxylation sites is 1. The van der Waals surface area contributed by atoms with Gasteiger partial charge in [-0.3, -0.25) is 9.59 Å². The van der Waals surface area contributed by atoms with Crippen molar-refractivity contribution in [2.45, 2.75) is 32.5 Å². The first-order valence-corrected chi connectivity index (χ1v) is 12.3. The summed E-state index contributed by atoms with van der Waals surface area (Å²) in [5.74, 6) is 0.625. The van der Waals surface area contributed by atoms with Crippen molar-refractivity contribution in [3.63, 3.8) is 0 Å². The zero-order chi connectivity index (χ0) is 26.1. The minimum absolute atomic E-state index is 0.00739. The number of amides is 1. The van der Waals surface area contributed by atoms with Crippen molar-refractivity contribution < 1.29 is 19.1 Å². The Kier molecular flexibility index (Phi) is 6.65. The van der Waals surface area contributed by atoms with Crippen LogP contribution in [-0.2, 0) is 16.1 Å². The zero-order valence-electron chi connectivity index (χ0n) is 21.4. The van der Waals surface area contributed by atoms with Gasteiger partial charge in [0.1, 0.15) is 29.3 Å². The van der Waals surface area contributed by atoms with Gasteiger partial charge < -0.3 is 14.4 Å². The number of methoxy groups -OCH3 is 2. The molecule has 8 nitrogen and oxygen atoms in total. The predicted molar refractivity (Wildman–Crippen MR) is 139 cm³/mol. The van der Waals surface area contributed by atoms with Crippen LogP contribution >= 0.6 is 0 Å². The van der Waals surface area contributed by atoms with Gasteiger partial charge in [0.25, 0.3) is 0 Å². The summed E-state index contributed by atoms with van der Waals surface area (Å²) in [4.78, 5) is 29.7. The number of hydrogen-bond acceptors (Lipinski definition) is 6. The van der Waals surface area contributed by atoms with E-state index in [1.807, 2.05) is 91.5 Å². The van der Waals surface area contributed by atoms with Gasteiger partial charge in [-0.15, -0.1) is 5.10 Å². The Hall–Kier alpha value is -4.20. The molecule has 1 aromatic heterocycles. The maximum absolute atomic E-state index is 14.2. The van der Waals surface area contributed by atoms with E-state index in [0.717, 1.165) is 22.2 Å². The summed E-state index contributed by atoms with van der Waals surface area (Å²) in [5, 5.41) is 8.45. The lowest BCUT2D eigenvalue weighted by atomic mass is 9.74. The summed E-state index contributed by atoms with van der Waals surface area (Å²) in [6.45, 7) is 3.82. The van der Waals surface area contributed by atoms with Gasteiger partial charge >= 0.3 is 0 Å². The third kappa shape index (κ3) is 4.43. The molecule has 3 aromatic carbocycles. The van der Waals surface area contributed by atoms with E-state index < -0.39 is 23.9 Å². The molecule has 4 unspecified atom stereocenters. The average Bonchev–Trinajstić information content (AvgIpc) is 3.34. The number of aromatic nitrogens is 3. The number of carbonyl (C=O) groups excluding carboxylic acids is 2. The Bertz CT molecular complexity index is 1350. The molecule has 0 saturated carbocycles. The van der Waals surface area contributed by atoms with Crippen molar-refractivity contribution in [3.8, 4) is 11.5 Å². The Balaban J connectivity index is 1.61. The van der Waals surface area contributed by atoms with Crippen LogP contribution in [0.25, 0.3) is 11.0 Å². The van der Waals surface area contributed by atoms with Gasteiger partial charge in [-0.1, -0.05) is 55.5 Å². The lowest BCUT2D eigenvalue weighted by molar-refractivity contribution is -0.152. The Labute approximate surface area is 215 Å². The number of piperidine rings is 1. The van der Waals surface area contributed by atoms with Crippen LogP contribution in [0.3, 0.4) is 0 Å². The molecule has 0 bridgehead atoms. The van der Waals surface area contributed by atoms with Gasteiger partial charge in [0.05, 0.1) is 31.8 Å². The van der Waals surface area contributed by atoms with Crippen molar-refractivity contribution in [1.82, 2.24) is 19.9 Å². The first kappa shape index (κ1) is 24.5. The van der Waals surface area contributed by atoms with Gasteiger partial charge in [0.2, 0.25) is 5.91 Å². The molecular formula is C29H30N4O4. The molecule has 8 heteroatoms. The van der Waals surface area contributed by atoms with E-state index in [9.17, 15) is 9.59 Å². The molecule has 4 aromatic rings. The minimum atomic E-state index is -0.455. The van der Waals surface area contributed by atoms with Crippen molar-refractivity contribution >= 4 is 22.7 Å². The second-order valence-electron chi connectivity index (χ2n) is 9.45. The second kappa shape index (κ2) is 10.0. The summed E-state index contributed by atoms with van der Waals surface area (Å²) < 4.78 is 12.3. The number of likely N-dealkylation sites (tertiary alicyclic amines) is 1. The van der Waals surface area contributed by atoms with Crippen LogP contribution in [0, 0.1) is 11.8 Å². The molecule has 1 amide bonds. The highest BCUT2D eigenvalue weighted by atomic mass is 16.5. The van der Waals surface area contributed by atoms with Gasteiger partial charge in [-0.2, -0.15) is 0 Å². The van der Waals surface area contributed by atoms with Crippen LogP contribution in [0.5, 0.6) is 11.5 Å². The number of hydrogen-bond donors (Lipinski definition) is 0. The maximum atomic E-state index is 14.2. The second-order valence-corrected chi connectivity index (χ2v) is 9.45. The molecule has 1 aliphatic rings. The van der Waals surface area contributed by atoms with Crippen LogP contribution in [0.15, 0.2) is 72.8 Å². The third-order valence-corrected chi connectivity index (χ3v) is 7.35. The highest BCUT2D eigenvalue weighted by molar-refractivity contribution is 5.89. The molecule has 37 heavy (non-hydrogen) atoms. The van der Waals surface area contributed by atoms with E-state index in [4.69, 9.17) is 9.47 Å². The van der Waals surface area contributed by atoms with Crippen LogP contribution in [0.2, 0.25) is 0 Å². The summed E-state index contributed by atoms with van der Waals surface area (Å²) in [6, 6.07) is 21.8. The largest absolute Gasteiger partial charge is 0.497 e. The molecule has 1 saturated heterocycles. The van der Waals surface area contributed by atoms with E-state index in [0.29, 0.717) is 11.5 Å². The summed E-state index contributed by atoms with van der Waals surface area (Å²) in [5.41, 5.74) is 3.27. The van der Waals surface area contributed by atoms with Crippen molar-refractivity contribution in [1.29, 1.82) is 0 Å². The van der Waals surface area contributed by atoms with E-state index in [1.54, 1.807) is 18.9 Å². The van der Waals surface area contributed by atoms with E-state index >= 15 is 0 Å². The number of Topliss-reactive ketones (excluding diaryl/α,β-unsaturated/α-hetero) is 1. The number of fused-ring (bicyclic) bond motifs is 1. The smallest absolute Gasteiger partial charge is 0.245 e. The highest BCUT2D eigenvalue weighted by Gasteiger charge is 2.48. The van der Waals surface area contributed by atoms with Gasteiger partial charge in [0.15, 0.2) is 0 Å². The molecule has 0 spiro atoms. The molecule has 4 atom stereocenters. The summed E-state index contributed by atoms with van der Waals surface area (Å²) in [6.07, 6.45) is 0. The van der Waals surface area contributed by atoms with Crippen molar-refractivity contribution in [2.75, 3.05) is 14.2 Å². The van der Waals surface area contributed by atoms with Gasteiger partial charge in [-0.25, -0.2) is 4.68 Å². The molecule has 5 rings (SSSR count). The first-order valence-electron chi connectivity index (χ1n) is 12.3. The van der Waals surface area contributed by atoms with Crippen molar-refractivity contribution in [3.05, 3.63) is 83.9 Å². The molecule has 190 valence electrons. The topological polar surface area (TPSA) is 86.5 Å². The normalized spacial score (nSPS) is 21.7. The molecule has 2 heterocycles. The fraction of sp³-hybridized carbons (Fsp3) is 0.310. The average molecular weight is 499 g/mol. The Morgan fingerprint density at radius 2 is 1.32 bits per heavy atom. The summed E-state index contributed by atoms with van der Waals surface area (Å²) in [7, 11) is 3.23.